The van der Waals surface area contributed by atoms with E-state index in [0.717, 1.165) is 10.9 Å². The fourth-order valence-electron chi connectivity index (χ4n) is 2.39. The van der Waals surface area contributed by atoms with Gasteiger partial charge in [0.25, 0.3) is 11.1 Å². The van der Waals surface area contributed by atoms with Crippen molar-refractivity contribution in [2.75, 3.05) is 0 Å². The molecule has 3 rings (SSSR count). The summed E-state index contributed by atoms with van der Waals surface area (Å²) in [4.78, 5) is 39.5. The summed E-state index contributed by atoms with van der Waals surface area (Å²) in [6.07, 6.45) is 2.37. The van der Waals surface area contributed by atoms with Crippen LogP contribution in [0.25, 0.3) is 5.69 Å². The smallest absolute Gasteiger partial charge is 0.349 e. The number of hydrogen-bond donors (Lipinski definition) is 2. The van der Waals surface area contributed by atoms with E-state index in [9.17, 15) is 14.4 Å². The maximum absolute atomic E-state index is 11.9. The molecule has 2 N–H and O–H groups in total. The molecule has 27 heavy (non-hydrogen) atoms. The SMILES string of the molecule is CC(C)c1cc(Oc2c(Cl)cc(-n3ncc(=O)[nH]c3=O)cc2Cl)c[nH]c1=O. The second-order valence-electron chi connectivity index (χ2n) is 5.97. The van der Waals surface area contributed by atoms with E-state index in [1.807, 2.05) is 13.8 Å². The summed E-state index contributed by atoms with van der Waals surface area (Å²) >= 11 is 12.5. The van der Waals surface area contributed by atoms with E-state index in [-0.39, 0.29) is 33.0 Å². The van der Waals surface area contributed by atoms with Crippen LogP contribution >= 0.6 is 23.2 Å². The molecule has 3 aromatic rings. The number of rotatable bonds is 4. The van der Waals surface area contributed by atoms with Crippen molar-refractivity contribution in [3.63, 3.8) is 0 Å². The van der Waals surface area contributed by atoms with E-state index in [2.05, 4.69) is 15.1 Å². The number of hydrogen-bond acceptors (Lipinski definition) is 5. The Kier molecular flexibility index (Phi) is 5.20. The molecule has 1 aromatic carbocycles. The van der Waals surface area contributed by atoms with E-state index in [1.165, 1.54) is 18.3 Å². The summed E-state index contributed by atoms with van der Waals surface area (Å²) in [7, 11) is 0. The zero-order valence-corrected chi connectivity index (χ0v) is 15.8. The number of nitrogens with zero attached hydrogens (tertiary/aromatic N) is 2. The molecule has 0 saturated heterocycles. The number of halogens is 2. The minimum absolute atomic E-state index is 0.00352. The Morgan fingerprint density at radius 3 is 2.37 bits per heavy atom. The van der Waals surface area contributed by atoms with E-state index >= 15 is 0 Å². The van der Waals surface area contributed by atoms with Gasteiger partial charge >= 0.3 is 5.69 Å². The largest absolute Gasteiger partial charge is 0.453 e. The predicted octanol–water partition coefficient (Wildman–Crippen LogP) is 2.83. The van der Waals surface area contributed by atoms with Crippen molar-refractivity contribution >= 4 is 23.2 Å². The number of benzene rings is 1. The van der Waals surface area contributed by atoms with Crippen LogP contribution in [0.5, 0.6) is 11.5 Å². The normalized spacial score (nSPS) is 11.0. The lowest BCUT2D eigenvalue weighted by Gasteiger charge is -2.13. The molecular formula is C17H14Cl2N4O4. The molecule has 0 fully saturated rings. The van der Waals surface area contributed by atoms with Gasteiger partial charge in [0.15, 0.2) is 5.75 Å². The van der Waals surface area contributed by atoms with Gasteiger partial charge in [0, 0.05) is 11.8 Å². The first-order valence-corrected chi connectivity index (χ1v) is 8.60. The Bertz CT molecular complexity index is 1160. The highest BCUT2D eigenvalue weighted by atomic mass is 35.5. The van der Waals surface area contributed by atoms with Crippen molar-refractivity contribution in [1.29, 1.82) is 0 Å². The van der Waals surface area contributed by atoms with E-state index in [0.29, 0.717) is 11.3 Å². The Balaban J connectivity index is 2.01. The molecule has 0 aliphatic rings. The maximum Gasteiger partial charge on any atom is 0.349 e. The molecule has 10 heteroatoms. The van der Waals surface area contributed by atoms with Gasteiger partial charge in [-0.05, 0) is 24.1 Å². The van der Waals surface area contributed by atoms with Crippen molar-refractivity contribution in [2.45, 2.75) is 19.8 Å². The Hall–Kier alpha value is -2.84. The molecule has 0 saturated carbocycles. The van der Waals surface area contributed by atoms with Crippen molar-refractivity contribution in [3.05, 3.63) is 77.4 Å². The highest BCUT2D eigenvalue weighted by Crippen LogP contribution is 2.38. The molecule has 0 atom stereocenters. The van der Waals surface area contributed by atoms with Crippen LogP contribution in [-0.2, 0) is 0 Å². The van der Waals surface area contributed by atoms with E-state index < -0.39 is 11.2 Å². The topological polar surface area (TPSA) is 110 Å². The van der Waals surface area contributed by atoms with Crippen molar-refractivity contribution in [1.82, 2.24) is 19.7 Å². The van der Waals surface area contributed by atoms with Crippen LogP contribution in [0.1, 0.15) is 25.3 Å². The first-order valence-electron chi connectivity index (χ1n) is 7.85. The van der Waals surface area contributed by atoms with Gasteiger partial charge in [-0.25, -0.2) is 4.79 Å². The lowest BCUT2D eigenvalue weighted by Crippen LogP contribution is -2.30. The van der Waals surface area contributed by atoms with Crippen LogP contribution in [0.15, 0.2) is 45.0 Å². The summed E-state index contributed by atoms with van der Waals surface area (Å²) in [5, 5.41) is 3.99. The summed E-state index contributed by atoms with van der Waals surface area (Å²) in [5.74, 6) is 0.513. The maximum atomic E-state index is 11.9. The first kappa shape index (κ1) is 18.9. The Morgan fingerprint density at radius 2 is 1.78 bits per heavy atom. The zero-order chi connectivity index (χ0) is 19.7. The third-order valence-corrected chi connectivity index (χ3v) is 4.25. The van der Waals surface area contributed by atoms with Crippen LogP contribution < -0.4 is 21.5 Å². The van der Waals surface area contributed by atoms with Gasteiger partial charge in [-0.15, -0.1) is 0 Å². The van der Waals surface area contributed by atoms with Crippen LogP contribution in [0.3, 0.4) is 0 Å². The summed E-state index contributed by atoms with van der Waals surface area (Å²) in [6, 6.07) is 4.45. The average molecular weight is 409 g/mol. The first-order chi connectivity index (χ1) is 12.8. The minimum atomic E-state index is -0.731. The molecule has 2 heterocycles. The zero-order valence-electron chi connectivity index (χ0n) is 14.2. The van der Waals surface area contributed by atoms with Gasteiger partial charge in [0.05, 0.1) is 15.7 Å². The average Bonchev–Trinajstić information content (AvgIpc) is 2.59. The minimum Gasteiger partial charge on any atom is -0.453 e. The molecule has 140 valence electrons. The standard InChI is InChI=1S/C17H14Cl2N4O4/c1-8(2)11-5-10(6-20-16(11)25)27-15-12(18)3-9(4-13(15)19)23-17(26)22-14(24)7-21-23/h3-8H,1-2H3,(H,20,25)(H,22,24,26). The van der Waals surface area contributed by atoms with Crippen molar-refractivity contribution in [2.24, 2.45) is 0 Å². The van der Waals surface area contributed by atoms with Gasteiger partial charge in [0.1, 0.15) is 11.9 Å². The van der Waals surface area contributed by atoms with E-state index in [1.54, 1.807) is 6.07 Å². The monoisotopic (exact) mass is 408 g/mol. The molecule has 2 aromatic heterocycles. The number of ether oxygens (including phenoxy) is 1. The number of aromatic nitrogens is 4. The third kappa shape index (κ3) is 3.96. The lowest BCUT2D eigenvalue weighted by molar-refractivity contribution is 0.478. The van der Waals surface area contributed by atoms with Crippen LogP contribution in [-0.4, -0.2) is 19.7 Å². The quantitative estimate of drug-likeness (QED) is 0.689. The highest BCUT2D eigenvalue weighted by Gasteiger charge is 2.15. The van der Waals surface area contributed by atoms with Crippen molar-refractivity contribution in [3.8, 4) is 17.2 Å². The molecule has 0 bridgehead atoms. The summed E-state index contributed by atoms with van der Waals surface area (Å²) in [5.41, 5.74) is -0.741. The van der Waals surface area contributed by atoms with Gasteiger partial charge in [-0.3, -0.25) is 14.6 Å². The number of H-pyrrole nitrogens is 2. The number of pyridine rings is 1. The Labute approximate surface area is 162 Å². The fourth-order valence-corrected chi connectivity index (χ4v) is 2.94. The van der Waals surface area contributed by atoms with Gasteiger partial charge in [0.2, 0.25) is 0 Å². The van der Waals surface area contributed by atoms with Gasteiger partial charge in [-0.1, -0.05) is 37.0 Å². The molecule has 0 aliphatic carbocycles. The van der Waals surface area contributed by atoms with E-state index in [4.69, 9.17) is 27.9 Å². The molecule has 0 aliphatic heterocycles. The molecule has 8 nitrogen and oxygen atoms in total. The third-order valence-electron chi connectivity index (χ3n) is 3.69. The predicted molar refractivity (Wildman–Crippen MR) is 102 cm³/mol. The van der Waals surface area contributed by atoms with Gasteiger partial charge < -0.3 is 9.72 Å². The summed E-state index contributed by atoms with van der Waals surface area (Å²) in [6.45, 7) is 3.77. The number of aromatic amines is 2. The second kappa shape index (κ2) is 7.42. The fraction of sp³-hybridized carbons (Fsp3) is 0.176. The van der Waals surface area contributed by atoms with Crippen LogP contribution in [0, 0.1) is 0 Å². The molecule has 0 amide bonds. The second-order valence-corrected chi connectivity index (χ2v) is 6.78. The number of nitrogens with one attached hydrogen (secondary N) is 2. The van der Waals surface area contributed by atoms with Gasteiger partial charge in [-0.2, -0.15) is 9.78 Å². The van der Waals surface area contributed by atoms with Crippen LogP contribution in [0.2, 0.25) is 10.0 Å². The molecule has 0 spiro atoms. The highest BCUT2D eigenvalue weighted by molar-refractivity contribution is 6.37. The lowest BCUT2D eigenvalue weighted by atomic mass is 10.1. The molecule has 0 unspecified atom stereocenters. The molecular weight excluding hydrogens is 395 g/mol. The summed E-state index contributed by atoms with van der Waals surface area (Å²) < 4.78 is 6.67. The molecule has 0 radical (unpaired) electrons. The van der Waals surface area contributed by atoms with Crippen LogP contribution in [0.4, 0.5) is 0 Å². The Morgan fingerprint density at radius 1 is 1.11 bits per heavy atom. The van der Waals surface area contributed by atoms with Crippen molar-refractivity contribution < 1.29 is 4.74 Å².